The van der Waals surface area contributed by atoms with E-state index in [2.05, 4.69) is 5.32 Å². The van der Waals surface area contributed by atoms with Crippen LogP contribution in [0.2, 0.25) is 0 Å². The number of nitrogens with one attached hydrogen (secondary N) is 1. The standard InChI is InChI=1S/C22H30F3N3O3/c1-15(2)31-18-6-5-17(19(13-18)22(23,24)25)14-26-20(29)16-7-11-28(12-8-16)21(30)27-9-3-4-10-27/h5-6,13,15-16H,3-4,7-12,14H2,1-2H3,(H,26,29). The van der Waals surface area contributed by atoms with Gasteiger partial charge in [-0.05, 0) is 57.2 Å². The van der Waals surface area contributed by atoms with Crippen molar-refractivity contribution in [3.63, 3.8) is 0 Å². The van der Waals surface area contributed by atoms with E-state index in [0.717, 1.165) is 32.0 Å². The number of piperidine rings is 1. The molecule has 0 aliphatic carbocycles. The van der Waals surface area contributed by atoms with Crippen LogP contribution >= 0.6 is 0 Å². The van der Waals surface area contributed by atoms with Crippen LogP contribution in [0, 0.1) is 5.92 Å². The average Bonchev–Trinajstić information content (AvgIpc) is 3.26. The molecule has 9 heteroatoms. The molecular formula is C22H30F3N3O3. The smallest absolute Gasteiger partial charge is 0.416 e. The lowest BCUT2D eigenvalue weighted by molar-refractivity contribution is -0.138. The highest BCUT2D eigenvalue weighted by atomic mass is 19.4. The van der Waals surface area contributed by atoms with Crippen molar-refractivity contribution < 1.29 is 27.5 Å². The zero-order valence-corrected chi connectivity index (χ0v) is 18.0. The number of carbonyl (C=O) groups is 2. The molecule has 2 saturated heterocycles. The molecule has 3 rings (SSSR count). The van der Waals surface area contributed by atoms with E-state index in [-0.39, 0.29) is 41.8 Å². The first-order valence-electron chi connectivity index (χ1n) is 10.8. The minimum atomic E-state index is -4.54. The van der Waals surface area contributed by atoms with Crippen LogP contribution in [0.15, 0.2) is 18.2 Å². The predicted molar refractivity (Wildman–Crippen MR) is 110 cm³/mol. The molecule has 6 nitrogen and oxygen atoms in total. The first kappa shape index (κ1) is 23.2. The molecule has 2 aliphatic heterocycles. The Morgan fingerprint density at radius 3 is 2.29 bits per heavy atom. The molecule has 172 valence electrons. The van der Waals surface area contributed by atoms with Gasteiger partial charge in [-0.3, -0.25) is 4.79 Å². The molecule has 1 aromatic carbocycles. The molecule has 2 heterocycles. The summed E-state index contributed by atoms with van der Waals surface area (Å²) in [4.78, 5) is 28.6. The molecule has 0 unspecified atom stereocenters. The maximum Gasteiger partial charge on any atom is 0.416 e. The van der Waals surface area contributed by atoms with Crippen LogP contribution in [0.5, 0.6) is 5.75 Å². The number of ether oxygens (including phenoxy) is 1. The van der Waals surface area contributed by atoms with E-state index in [1.54, 1.807) is 18.7 Å². The number of alkyl halides is 3. The van der Waals surface area contributed by atoms with Crippen molar-refractivity contribution in [3.05, 3.63) is 29.3 Å². The van der Waals surface area contributed by atoms with Gasteiger partial charge in [-0.1, -0.05) is 6.07 Å². The summed E-state index contributed by atoms with van der Waals surface area (Å²) in [6.45, 7) is 5.81. The fourth-order valence-electron chi connectivity index (χ4n) is 4.09. The topological polar surface area (TPSA) is 61.9 Å². The number of hydrogen-bond donors (Lipinski definition) is 1. The first-order valence-corrected chi connectivity index (χ1v) is 10.8. The Morgan fingerprint density at radius 2 is 1.71 bits per heavy atom. The van der Waals surface area contributed by atoms with Gasteiger partial charge in [0.2, 0.25) is 5.91 Å². The summed E-state index contributed by atoms with van der Waals surface area (Å²) in [7, 11) is 0. The molecule has 0 saturated carbocycles. The third kappa shape index (κ3) is 6.04. The number of benzene rings is 1. The lowest BCUT2D eigenvalue weighted by Gasteiger charge is -2.34. The van der Waals surface area contributed by atoms with Crippen LogP contribution in [0.4, 0.5) is 18.0 Å². The molecule has 3 amide bonds. The molecule has 1 aromatic rings. The van der Waals surface area contributed by atoms with Gasteiger partial charge in [0.25, 0.3) is 0 Å². The van der Waals surface area contributed by atoms with Crippen LogP contribution in [0.3, 0.4) is 0 Å². The quantitative estimate of drug-likeness (QED) is 0.750. The summed E-state index contributed by atoms with van der Waals surface area (Å²) in [5.41, 5.74) is -0.810. The van der Waals surface area contributed by atoms with Gasteiger partial charge in [-0.2, -0.15) is 13.2 Å². The van der Waals surface area contributed by atoms with Crippen molar-refractivity contribution in [2.45, 2.75) is 58.4 Å². The maximum absolute atomic E-state index is 13.5. The number of likely N-dealkylation sites (tertiary alicyclic amines) is 2. The van der Waals surface area contributed by atoms with E-state index in [1.807, 2.05) is 4.90 Å². The van der Waals surface area contributed by atoms with Gasteiger partial charge in [-0.25, -0.2) is 4.79 Å². The molecule has 0 radical (unpaired) electrons. The van der Waals surface area contributed by atoms with Gasteiger partial charge in [0.1, 0.15) is 5.75 Å². The number of carbonyl (C=O) groups excluding carboxylic acids is 2. The van der Waals surface area contributed by atoms with Gasteiger partial charge in [-0.15, -0.1) is 0 Å². The predicted octanol–water partition coefficient (Wildman–Crippen LogP) is 4.04. The van der Waals surface area contributed by atoms with E-state index in [9.17, 15) is 22.8 Å². The Hall–Kier alpha value is -2.45. The number of urea groups is 1. The molecule has 0 atom stereocenters. The van der Waals surface area contributed by atoms with Crippen molar-refractivity contribution >= 4 is 11.9 Å². The molecule has 2 fully saturated rings. The Bertz CT molecular complexity index is 784. The lowest BCUT2D eigenvalue weighted by atomic mass is 9.96. The number of halogens is 3. The van der Waals surface area contributed by atoms with Crippen molar-refractivity contribution in [2.75, 3.05) is 26.2 Å². The highest BCUT2D eigenvalue weighted by Crippen LogP contribution is 2.35. The van der Waals surface area contributed by atoms with E-state index in [1.165, 1.54) is 12.1 Å². The largest absolute Gasteiger partial charge is 0.491 e. The Morgan fingerprint density at radius 1 is 1.10 bits per heavy atom. The van der Waals surface area contributed by atoms with Crippen LogP contribution in [0.25, 0.3) is 0 Å². The molecule has 1 N–H and O–H groups in total. The monoisotopic (exact) mass is 441 g/mol. The van der Waals surface area contributed by atoms with Crippen molar-refractivity contribution in [2.24, 2.45) is 5.92 Å². The van der Waals surface area contributed by atoms with E-state index >= 15 is 0 Å². The lowest BCUT2D eigenvalue weighted by Crippen LogP contribution is -2.47. The molecule has 2 aliphatic rings. The van der Waals surface area contributed by atoms with Crippen LogP contribution in [0.1, 0.15) is 50.7 Å². The summed E-state index contributed by atoms with van der Waals surface area (Å²) < 4.78 is 45.8. The van der Waals surface area contributed by atoms with E-state index < -0.39 is 11.7 Å². The van der Waals surface area contributed by atoms with Crippen molar-refractivity contribution in [1.29, 1.82) is 0 Å². The highest BCUT2D eigenvalue weighted by molar-refractivity contribution is 5.79. The zero-order chi connectivity index (χ0) is 22.6. The van der Waals surface area contributed by atoms with Gasteiger partial charge in [0.15, 0.2) is 0 Å². The summed E-state index contributed by atoms with van der Waals surface area (Å²) in [5, 5.41) is 2.65. The van der Waals surface area contributed by atoms with Gasteiger partial charge in [0.05, 0.1) is 11.7 Å². The fourth-order valence-corrected chi connectivity index (χ4v) is 4.09. The number of amides is 3. The minimum absolute atomic E-state index is 0.00129. The van der Waals surface area contributed by atoms with Crippen LogP contribution < -0.4 is 10.1 Å². The van der Waals surface area contributed by atoms with Gasteiger partial charge < -0.3 is 19.9 Å². The second-order valence-corrected chi connectivity index (χ2v) is 8.44. The molecule has 0 aromatic heterocycles. The average molecular weight is 441 g/mol. The second-order valence-electron chi connectivity index (χ2n) is 8.44. The third-order valence-electron chi connectivity index (χ3n) is 5.72. The summed E-state index contributed by atoms with van der Waals surface area (Å²) in [6, 6.07) is 3.83. The number of rotatable bonds is 5. The van der Waals surface area contributed by atoms with E-state index in [0.29, 0.717) is 25.9 Å². The van der Waals surface area contributed by atoms with Gasteiger partial charge >= 0.3 is 12.2 Å². The van der Waals surface area contributed by atoms with Crippen molar-refractivity contribution in [1.82, 2.24) is 15.1 Å². The van der Waals surface area contributed by atoms with Crippen molar-refractivity contribution in [3.8, 4) is 5.75 Å². The Labute approximate surface area is 180 Å². The zero-order valence-electron chi connectivity index (χ0n) is 18.0. The van der Waals surface area contributed by atoms with Crippen LogP contribution in [-0.2, 0) is 17.5 Å². The molecule has 31 heavy (non-hydrogen) atoms. The summed E-state index contributed by atoms with van der Waals surface area (Å²) >= 11 is 0. The van der Waals surface area contributed by atoms with Crippen LogP contribution in [-0.4, -0.2) is 54.0 Å². The summed E-state index contributed by atoms with van der Waals surface area (Å²) in [6.07, 6.45) is -1.71. The van der Waals surface area contributed by atoms with Gasteiger partial charge in [0, 0.05) is 38.6 Å². The number of nitrogens with zero attached hydrogens (tertiary/aromatic N) is 2. The Kier molecular flexibility index (Phi) is 7.33. The Balaban J connectivity index is 1.55. The number of hydrogen-bond acceptors (Lipinski definition) is 3. The summed E-state index contributed by atoms with van der Waals surface area (Å²) in [5.74, 6) is -0.433. The highest BCUT2D eigenvalue weighted by Gasteiger charge is 2.35. The fraction of sp³-hybridized carbons (Fsp3) is 0.636. The minimum Gasteiger partial charge on any atom is -0.491 e. The molecule has 0 spiro atoms. The maximum atomic E-state index is 13.5. The third-order valence-corrected chi connectivity index (χ3v) is 5.72. The normalized spacial score (nSPS) is 17.9. The molecular weight excluding hydrogens is 411 g/mol. The van der Waals surface area contributed by atoms with E-state index in [4.69, 9.17) is 4.74 Å². The molecule has 0 bridgehead atoms. The first-order chi connectivity index (χ1) is 14.6. The SMILES string of the molecule is CC(C)Oc1ccc(CNC(=O)C2CCN(C(=O)N3CCCC3)CC2)c(C(F)(F)F)c1. The second kappa shape index (κ2) is 9.78.